The Balaban J connectivity index is 2.85. The van der Waals surface area contributed by atoms with Gasteiger partial charge in [-0.15, -0.1) is 10.2 Å². The molecule has 0 saturated carbocycles. The largest absolute Gasteiger partial charge is 0.369 e. The van der Waals surface area contributed by atoms with Crippen molar-refractivity contribution in [1.82, 2.24) is 10.2 Å². The van der Waals surface area contributed by atoms with E-state index in [4.69, 9.17) is 23.2 Å². The van der Waals surface area contributed by atoms with Crippen LogP contribution in [0.5, 0.6) is 0 Å². The topological polar surface area (TPSA) is 29.0 Å². The van der Waals surface area contributed by atoms with Crippen molar-refractivity contribution in [3.05, 3.63) is 16.4 Å². The molecule has 0 aliphatic rings. The second-order valence-corrected chi connectivity index (χ2v) is 4.02. The van der Waals surface area contributed by atoms with Crippen LogP contribution in [0.3, 0.4) is 0 Å². The van der Waals surface area contributed by atoms with Crippen LogP contribution in [0.2, 0.25) is 10.3 Å². The molecule has 0 aromatic carbocycles. The van der Waals surface area contributed by atoms with E-state index >= 15 is 0 Å². The molecule has 3 nitrogen and oxygen atoms in total. The summed E-state index contributed by atoms with van der Waals surface area (Å²) in [6.45, 7) is 6.10. The molecule has 1 heterocycles. The molecule has 84 valence electrons. The molecule has 0 atom stereocenters. The van der Waals surface area contributed by atoms with Crippen molar-refractivity contribution >= 4 is 28.9 Å². The molecule has 1 aromatic heterocycles. The fraction of sp³-hybridized carbons (Fsp3) is 0.600. The van der Waals surface area contributed by atoms with Crippen molar-refractivity contribution in [1.29, 1.82) is 0 Å². The predicted octanol–water partition coefficient (Wildman–Crippen LogP) is 3.41. The molecule has 0 aliphatic heterocycles. The third-order valence-corrected chi connectivity index (χ3v) is 2.66. The Bertz CT molecular complexity index is 318. The van der Waals surface area contributed by atoms with Gasteiger partial charge < -0.3 is 4.90 Å². The lowest BCUT2D eigenvalue weighted by Crippen LogP contribution is -2.24. The maximum atomic E-state index is 5.97. The van der Waals surface area contributed by atoms with Crippen molar-refractivity contribution in [2.75, 3.05) is 18.0 Å². The maximum Gasteiger partial charge on any atom is 0.175 e. The van der Waals surface area contributed by atoms with Gasteiger partial charge in [-0.25, -0.2) is 0 Å². The number of aromatic nitrogens is 2. The quantitative estimate of drug-likeness (QED) is 0.799. The van der Waals surface area contributed by atoms with Crippen LogP contribution < -0.4 is 4.90 Å². The third kappa shape index (κ3) is 3.50. The fourth-order valence-electron chi connectivity index (χ4n) is 1.36. The summed E-state index contributed by atoms with van der Waals surface area (Å²) in [5.41, 5.74) is 0.868. The normalized spacial score (nSPS) is 10.4. The highest BCUT2D eigenvalue weighted by Crippen LogP contribution is 2.25. The van der Waals surface area contributed by atoms with Crippen LogP contribution in [0.1, 0.15) is 26.7 Å². The molecular formula is C10H15Cl2N3. The molecule has 0 radical (unpaired) electrons. The van der Waals surface area contributed by atoms with Gasteiger partial charge in [-0.1, -0.05) is 36.5 Å². The maximum absolute atomic E-state index is 5.97. The van der Waals surface area contributed by atoms with Crippen LogP contribution in [0, 0.1) is 0 Å². The van der Waals surface area contributed by atoms with Gasteiger partial charge in [0, 0.05) is 19.2 Å². The molecule has 0 fully saturated rings. The highest BCUT2D eigenvalue weighted by Gasteiger charge is 2.10. The van der Waals surface area contributed by atoms with Gasteiger partial charge >= 0.3 is 0 Å². The second kappa shape index (κ2) is 6.13. The molecule has 1 aromatic rings. The first-order chi connectivity index (χ1) is 7.19. The van der Waals surface area contributed by atoms with Crippen molar-refractivity contribution in [2.24, 2.45) is 0 Å². The van der Waals surface area contributed by atoms with Gasteiger partial charge in [-0.2, -0.15) is 0 Å². The average Bonchev–Trinajstić information content (AvgIpc) is 2.24. The van der Waals surface area contributed by atoms with Gasteiger partial charge in [0.05, 0.1) is 5.69 Å². The van der Waals surface area contributed by atoms with Gasteiger partial charge in [0.25, 0.3) is 0 Å². The Kier molecular flexibility index (Phi) is 5.12. The van der Waals surface area contributed by atoms with E-state index in [0.717, 1.165) is 31.6 Å². The lowest BCUT2D eigenvalue weighted by Gasteiger charge is -2.23. The molecule has 0 spiro atoms. The van der Waals surface area contributed by atoms with Gasteiger partial charge in [-0.05, 0) is 13.3 Å². The summed E-state index contributed by atoms with van der Waals surface area (Å²) in [6.07, 6.45) is 2.28. The lowest BCUT2D eigenvalue weighted by atomic mass is 10.3. The summed E-state index contributed by atoms with van der Waals surface area (Å²) in [6, 6.07) is 1.76. The standard InChI is InChI=1S/C10H15Cl2N3/c1-3-5-6-15(4-2)8-7-9(11)13-14-10(8)12/h7H,3-6H2,1-2H3. The number of unbranched alkanes of at least 4 members (excludes halogenated alkanes) is 1. The van der Waals surface area contributed by atoms with Crippen LogP contribution >= 0.6 is 23.2 Å². The molecule has 0 aliphatic carbocycles. The Hall–Kier alpha value is -0.540. The van der Waals surface area contributed by atoms with E-state index in [1.165, 1.54) is 0 Å². The van der Waals surface area contributed by atoms with E-state index in [1.54, 1.807) is 6.07 Å². The van der Waals surface area contributed by atoms with Gasteiger partial charge in [-0.3, -0.25) is 0 Å². The summed E-state index contributed by atoms with van der Waals surface area (Å²) >= 11 is 11.8. The number of halogens is 2. The minimum Gasteiger partial charge on any atom is -0.369 e. The van der Waals surface area contributed by atoms with E-state index in [2.05, 4.69) is 28.9 Å². The van der Waals surface area contributed by atoms with Crippen LogP contribution in [-0.4, -0.2) is 23.3 Å². The van der Waals surface area contributed by atoms with Crippen LogP contribution in [0.15, 0.2) is 6.07 Å². The van der Waals surface area contributed by atoms with Gasteiger partial charge in [0.15, 0.2) is 10.3 Å². The molecule has 1 rings (SSSR count). The average molecular weight is 248 g/mol. The molecule has 0 amide bonds. The highest BCUT2D eigenvalue weighted by atomic mass is 35.5. The fourth-order valence-corrected chi connectivity index (χ4v) is 1.72. The molecule has 15 heavy (non-hydrogen) atoms. The van der Waals surface area contributed by atoms with Crippen molar-refractivity contribution in [3.8, 4) is 0 Å². The Morgan fingerprint density at radius 1 is 1.27 bits per heavy atom. The van der Waals surface area contributed by atoms with Crippen LogP contribution in [0.4, 0.5) is 5.69 Å². The molecule has 5 heteroatoms. The Labute approximate surface area is 100 Å². The highest BCUT2D eigenvalue weighted by molar-refractivity contribution is 6.33. The number of nitrogens with zero attached hydrogens (tertiary/aromatic N) is 3. The van der Waals surface area contributed by atoms with Gasteiger partial charge in [0.1, 0.15) is 0 Å². The number of rotatable bonds is 5. The minimum atomic E-state index is 0.379. The number of hydrogen-bond acceptors (Lipinski definition) is 3. The van der Waals surface area contributed by atoms with E-state index < -0.39 is 0 Å². The van der Waals surface area contributed by atoms with E-state index in [1.807, 2.05) is 0 Å². The van der Waals surface area contributed by atoms with Crippen molar-refractivity contribution < 1.29 is 0 Å². The van der Waals surface area contributed by atoms with Crippen molar-refractivity contribution in [2.45, 2.75) is 26.7 Å². The molecule has 0 N–H and O–H groups in total. The second-order valence-electron chi connectivity index (χ2n) is 3.28. The zero-order valence-corrected chi connectivity index (χ0v) is 10.5. The summed E-state index contributed by atoms with van der Waals surface area (Å²) in [4.78, 5) is 2.16. The Morgan fingerprint density at radius 3 is 2.60 bits per heavy atom. The predicted molar refractivity (Wildman–Crippen MR) is 64.8 cm³/mol. The summed E-state index contributed by atoms with van der Waals surface area (Å²) < 4.78 is 0. The molecule has 0 unspecified atom stereocenters. The zero-order chi connectivity index (χ0) is 11.3. The van der Waals surface area contributed by atoms with E-state index in [9.17, 15) is 0 Å². The Morgan fingerprint density at radius 2 is 2.00 bits per heavy atom. The van der Waals surface area contributed by atoms with Crippen molar-refractivity contribution in [3.63, 3.8) is 0 Å². The van der Waals surface area contributed by atoms with E-state index in [0.29, 0.717) is 10.3 Å². The monoisotopic (exact) mass is 247 g/mol. The SMILES string of the molecule is CCCCN(CC)c1cc(Cl)nnc1Cl. The van der Waals surface area contributed by atoms with Crippen LogP contribution in [-0.2, 0) is 0 Å². The smallest absolute Gasteiger partial charge is 0.175 e. The third-order valence-electron chi connectivity index (χ3n) is 2.20. The molecular weight excluding hydrogens is 233 g/mol. The van der Waals surface area contributed by atoms with E-state index in [-0.39, 0.29) is 0 Å². The first-order valence-corrected chi connectivity index (χ1v) is 5.88. The molecule has 0 saturated heterocycles. The number of anilines is 1. The summed E-state index contributed by atoms with van der Waals surface area (Å²) in [5, 5.41) is 8.28. The lowest BCUT2D eigenvalue weighted by molar-refractivity contribution is 0.729. The summed E-state index contributed by atoms with van der Waals surface area (Å²) in [7, 11) is 0. The number of hydrogen-bond donors (Lipinski definition) is 0. The first kappa shape index (κ1) is 12.5. The zero-order valence-electron chi connectivity index (χ0n) is 9.00. The summed E-state index contributed by atoms with van der Waals surface area (Å²) in [5.74, 6) is 0. The minimum absolute atomic E-state index is 0.379. The van der Waals surface area contributed by atoms with Crippen LogP contribution in [0.25, 0.3) is 0 Å². The first-order valence-electron chi connectivity index (χ1n) is 5.12. The molecule has 0 bridgehead atoms. The van der Waals surface area contributed by atoms with Gasteiger partial charge in [0.2, 0.25) is 0 Å².